The van der Waals surface area contributed by atoms with Crippen molar-refractivity contribution in [2.75, 3.05) is 13.6 Å². The lowest BCUT2D eigenvalue weighted by atomic mass is 10.2. The largest absolute Gasteiger partial charge is 0.319 e. The van der Waals surface area contributed by atoms with E-state index in [4.69, 9.17) is 0 Å². The van der Waals surface area contributed by atoms with Crippen molar-refractivity contribution < 1.29 is 0 Å². The third-order valence-corrected chi connectivity index (χ3v) is 3.65. The van der Waals surface area contributed by atoms with Crippen LogP contribution >= 0.6 is 11.3 Å². The summed E-state index contributed by atoms with van der Waals surface area (Å²) in [5.41, 5.74) is 2.73. The number of thiazole rings is 1. The summed E-state index contributed by atoms with van der Waals surface area (Å²) >= 11 is 1.68. The van der Waals surface area contributed by atoms with Crippen molar-refractivity contribution in [2.45, 2.75) is 19.8 Å². The molecule has 2 heterocycles. The maximum atomic E-state index is 4.64. The van der Waals surface area contributed by atoms with Crippen LogP contribution < -0.4 is 5.32 Å². The molecule has 0 fully saturated rings. The standard InChI is InChI=1S/C12H16N4S/c1-8(6-13-3)12-16-10(7-17-12)11-9(2)14-4-5-15-11/h4-5,7-8,13H,6H2,1-3H3. The lowest BCUT2D eigenvalue weighted by Crippen LogP contribution is -2.14. The monoisotopic (exact) mass is 248 g/mol. The molecule has 0 saturated carbocycles. The van der Waals surface area contributed by atoms with Gasteiger partial charge < -0.3 is 5.32 Å². The molecule has 0 aliphatic carbocycles. The van der Waals surface area contributed by atoms with Crippen molar-refractivity contribution in [3.8, 4) is 11.4 Å². The maximum absolute atomic E-state index is 4.64. The first kappa shape index (κ1) is 12.1. The Labute approximate surface area is 105 Å². The summed E-state index contributed by atoms with van der Waals surface area (Å²) in [6.07, 6.45) is 3.41. The second-order valence-electron chi connectivity index (χ2n) is 4.02. The highest BCUT2D eigenvalue weighted by molar-refractivity contribution is 7.10. The fourth-order valence-electron chi connectivity index (χ4n) is 1.68. The summed E-state index contributed by atoms with van der Waals surface area (Å²) in [4.78, 5) is 13.2. The predicted molar refractivity (Wildman–Crippen MR) is 70.2 cm³/mol. The topological polar surface area (TPSA) is 50.7 Å². The predicted octanol–water partition coefficient (Wildman–Crippen LogP) is 2.23. The SMILES string of the molecule is CNCC(C)c1nc(-c2nccnc2C)cs1. The van der Waals surface area contributed by atoms with Gasteiger partial charge in [-0.2, -0.15) is 0 Å². The van der Waals surface area contributed by atoms with E-state index in [2.05, 4.69) is 32.6 Å². The average molecular weight is 248 g/mol. The Morgan fingerprint density at radius 2 is 2.12 bits per heavy atom. The molecule has 0 aliphatic rings. The van der Waals surface area contributed by atoms with Gasteiger partial charge in [0.1, 0.15) is 11.4 Å². The molecule has 0 spiro atoms. The summed E-state index contributed by atoms with van der Waals surface area (Å²) in [6.45, 7) is 5.06. The normalized spacial score (nSPS) is 12.6. The quantitative estimate of drug-likeness (QED) is 0.901. The first-order valence-electron chi connectivity index (χ1n) is 5.60. The lowest BCUT2D eigenvalue weighted by molar-refractivity contribution is 0.674. The van der Waals surface area contributed by atoms with Crippen LogP contribution in [0, 0.1) is 6.92 Å². The second kappa shape index (κ2) is 5.33. The summed E-state index contributed by atoms with van der Waals surface area (Å²) < 4.78 is 0. The van der Waals surface area contributed by atoms with Gasteiger partial charge in [-0.05, 0) is 14.0 Å². The molecule has 1 unspecified atom stereocenters. The van der Waals surface area contributed by atoms with Gasteiger partial charge in [-0.15, -0.1) is 11.3 Å². The van der Waals surface area contributed by atoms with Crippen LogP contribution in [0.2, 0.25) is 0 Å². The number of nitrogens with one attached hydrogen (secondary N) is 1. The van der Waals surface area contributed by atoms with Crippen LogP contribution in [-0.2, 0) is 0 Å². The van der Waals surface area contributed by atoms with E-state index in [-0.39, 0.29) is 0 Å². The van der Waals surface area contributed by atoms with Gasteiger partial charge in [0.15, 0.2) is 0 Å². The van der Waals surface area contributed by atoms with E-state index in [0.717, 1.165) is 28.6 Å². The van der Waals surface area contributed by atoms with E-state index in [0.29, 0.717) is 5.92 Å². The van der Waals surface area contributed by atoms with Crippen LogP contribution in [-0.4, -0.2) is 28.5 Å². The fraction of sp³-hybridized carbons (Fsp3) is 0.417. The van der Waals surface area contributed by atoms with Crippen molar-refractivity contribution in [1.82, 2.24) is 20.3 Å². The summed E-state index contributed by atoms with van der Waals surface area (Å²) in [5, 5.41) is 6.36. The molecule has 2 aromatic rings. The molecule has 0 radical (unpaired) electrons. The number of aryl methyl sites for hydroxylation is 1. The number of likely N-dealkylation sites (N-methyl/N-ethyl adjacent to an activating group) is 1. The number of rotatable bonds is 4. The van der Waals surface area contributed by atoms with E-state index in [1.807, 2.05) is 14.0 Å². The molecule has 2 rings (SSSR count). The van der Waals surface area contributed by atoms with Gasteiger partial charge in [-0.25, -0.2) is 4.98 Å². The molecule has 5 heteroatoms. The molecule has 2 aromatic heterocycles. The molecule has 0 aromatic carbocycles. The van der Waals surface area contributed by atoms with Gasteiger partial charge in [-0.3, -0.25) is 9.97 Å². The van der Waals surface area contributed by atoms with Gasteiger partial charge in [0.2, 0.25) is 0 Å². The third kappa shape index (κ3) is 2.68. The Morgan fingerprint density at radius 1 is 1.35 bits per heavy atom. The van der Waals surface area contributed by atoms with Gasteiger partial charge >= 0.3 is 0 Å². The lowest BCUT2D eigenvalue weighted by Gasteiger charge is -2.05. The zero-order valence-corrected chi connectivity index (χ0v) is 11.1. The van der Waals surface area contributed by atoms with Crippen LogP contribution in [0.1, 0.15) is 23.5 Å². The van der Waals surface area contributed by atoms with Crippen molar-refractivity contribution in [3.05, 3.63) is 28.5 Å². The first-order chi connectivity index (χ1) is 8.22. The Morgan fingerprint density at radius 3 is 2.82 bits per heavy atom. The Balaban J connectivity index is 2.27. The zero-order chi connectivity index (χ0) is 12.3. The zero-order valence-electron chi connectivity index (χ0n) is 10.3. The van der Waals surface area contributed by atoms with Crippen LogP contribution in [0.5, 0.6) is 0 Å². The molecular weight excluding hydrogens is 232 g/mol. The molecule has 0 bridgehead atoms. The smallest absolute Gasteiger partial charge is 0.111 e. The summed E-state index contributed by atoms with van der Waals surface area (Å²) in [5.74, 6) is 0.427. The first-order valence-corrected chi connectivity index (χ1v) is 6.48. The van der Waals surface area contributed by atoms with Gasteiger partial charge in [0, 0.05) is 30.2 Å². The molecule has 90 valence electrons. The van der Waals surface area contributed by atoms with Crippen molar-refractivity contribution in [3.63, 3.8) is 0 Å². The maximum Gasteiger partial charge on any atom is 0.111 e. The highest BCUT2D eigenvalue weighted by atomic mass is 32.1. The summed E-state index contributed by atoms with van der Waals surface area (Å²) in [6, 6.07) is 0. The average Bonchev–Trinajstić information content (AvgIpc) is 2.79. The number of aromatic nitrogens is 3. The van der Waals surface area contributed by atoms with Gasteiger partial charge in [-0.1, -0.05) is 6.92 Å². The van der Waals surface area contributed by atoms with E-state index in [9.17, 15) is 0 Å². The van der Waals surface area contributed by atoms with Crippen LogP contribution in [0.3, 0.4) is 0 Å². The minimum atomic E-state index is 0.427. The van der Waals surface area contributed by atoms with Crippen LogP contribution in [0.15, 0.2) is 17.8 Å². The van der Waals surface area contributed by atoms with Crippen LogP contribution in [0.25, 0.3) is 11.4 Å². The molecule has 17 heavy (non-hydrogen) atoms. The van der Waals surface area contributed by atoms with E-state index < -0.39 is 0 Å². The molecule has 0 saturated heterocycles. The Hall–Kier alpha value is -1.33. The number of hydrogen-bond donors (Lipinski definition) is 1. The van der Waals surface area contributed by atoms with Crippen molar-refractivity contribution in [1.29, 1.82) is 0 Å². The molecule has 0 amide bonds. The molecular formula is C12H16N4S. The molecule has 1 atom stereocenters. The van der Waals surface area contributed by atoms with E-state index in [1.54, 1.807) is 23.7 Å². The van der Waals surface area contributed by atoms with Crippen molar-refractivity contribution in [2.24, 2.45) is 0 Å². The van der Waals surface area contributed by atoms with Crippen molar-refractivity contribution >= 4 is 11.3 Å². The van der Waals surface area contributed by atoms with Gasteiger partial charge in [0.25, 0.3) is 0 Å². The summed E-state index contributed by atoms with van der Waals surface area (Å²) in [7, 11) is 1.96. The minimum Gasteiger partial charge on any atom is -0.319 e. The van der Waals surface area contributed by atoms with E-state index in [1.165, 1.54) is 0 Å². The molecule has 0 aliphatic heterocycles. The highest BCUT2D eigenvalue weighted by Crippen LogP contribution is 2.25. The molecule has 4 nitrogen and oxygen atoms in total. The van der Waals surface area contributed by atoms with E-state index >= 15 is 0 Å². The molecule has 1 N–H and O–H groups in total. The highest BCUT2D eigenvalue weighted by Gasteiger charge is 2.12. The fourth-order valence-corrected chi connectivity index (χ4v) is 2.54. The van der Waals surface area contributed by atoms with Gasteiger partial charge in [0.05, 0.1) is 10.7 Å². The second-order valence-corrected chi connectivity index (χ2v) is 4.91. The number of hydrogen-bond acceptors (Lipinski definition) is 5. The Kier molecular flexibility index (Phi) is 3.81. The van der Waals surface area contributed by atoms with Crippen LogP contribution in [0.4, 0.5) is 0 Å². The minimum absolute atomic E-state index is 0.427. The Bertz CT molecular complexity index is 495. The number of nitrogens with zero attached hydrogens (tertiary/aromatic N) is 3. The third-order valence-electron chi connectivity index (χ3n) is 2.58.